The van der Waals surface area contributed by atoms with Crippen LogP contribution in [0.25, 0.3) is 0 Å². The Bertz CT molecular complexity index is 528. The first-order valence-corrected chi connectivity index (χ1v) is 6.98. The number of amides is 2. The van der Waals surface area contributed by atoms with Gasteiger partial charge >= 0.3 is 0 Å². The lowest BCUT2D eigenvalue weighted by atomic mass is 10.2. The highest BCUT2D eigenvalue weighted by Crippen LogP contribution is 2.19. The van der Waals surface area contributed by atoms with Crippen LogP contribution < -0.4 is 10.6 Å². The summed E-state index contributed by atoms with van der Waals surface area (Å²) < 4.78 is 17.7. The number of benzene rings is 1. The average Bonchev–Trinajstić information content (AvgIpc) is 2.47. The molecule has 1 atom stereocenters. The lowest BCUT2D eigenvalue weighted by Crippen LogP contribution is -2.34. The van der Waals surface area contributed by atoms with E-state index in [1.165, 1.54) is 19.2 Å². The molecule has 0 aliphatic carbocycles. The van der Waals surface area contributed by atoms with Gasteiger partial charge in [-0.3, -0.25) is 9.59 Å². The van der Waals surface area contributed by atoms with Crippen LogP contribution in [-0.2, 0) is 14.3 Å². The van der Waals surface area contributed by atoms with Crippen LogP contribution in [0.15, 0.2) is 18.2 Å². The molecule has 22 heavy (non-hydrogen) atoms. The SMILES string of the molecule is COCC(O)CNC(=O)CCC(=O)Nc1ccc(F)c(Cl)c1. The van der Waals surface area contributed by atoms with E-state index in [1.54, 1.807) is 0 Å². The summed E-state index contributed by atoms with van der Waals surface area (Å²) in [7, 11) is 1.44. The molecule has 0 saturated heterocycles. The van der Waals surface area contributed by atoms with Gasteiger partial charge in [0.05, 0.1) is 17.7 Å². The van der Waals surface area contributed by atoms with Gasteiger partial charge in [0.25, 0.3) is 0 Å². The monoisotopic (exact) mass is 332 g/mol. The standard InChI is InChI=1S/C14H18ClFN2O4/c1-22-8-10(19)7-17-13(20)4-5-14(21)18-9-2-3-12(16)11(15)6-9/h2-3,6,10,19H,4-5,7-8H2,1H3,(H,17,20)(H,18,21). The minimum Gasteiger partial charge on any atom is -0.389 e. The zero-order chi connectivity index (χ0) is 16.5. The number of methoxy groups -OCH3 is 1. The van der Waals surface area contributed by atoms with Crippen LogP contribution in [0.5, 0.6) is 0 Å². The number of rotatable bonds is 8. The molecule has 0 aromatic heterocycles. The Morgan fingerprint density at radius 3 is 2.68 bits per heavy atom. The highest BCUT2D eigenvalue weighted by molar-refractivity contribution is 6.31. The summed E-state index contributed by atoms with van der Waals surface area (Å²) in [5, 5.41) is 14.3. The first kappa shape index (κ1) is 18.3. The number of ether oxygens (including phenoxy) is 1. The van der Waals surface area contributed by atoms with Gasteiger partial charge in [-0.1, -0.05) is 11.6 Å². The minimum absolute atomic E-state index is 0.0273. The minimum atomic E-state index is -0.788. The molecule has 0 bridgehead atoms. The van der Waals surface area contributed by atoms with Crippen LogP contribution in [0.1, 0.15) is 12.8 Å². The lowest BCUT2D eigenvalue weighted by Gasteiger charge is -2.10. The maximum absolute atomic E-state index is 13.0. The predicted octanol–water partition coefficient (Wildman–Crippen LogP) is 1.32. The highest BCUT2D eigenvalue weighted by atomic mass is 35.5. The van der Waals surface area contributed by atoms with Gasteiger partial charge in [0.1, 0.15) is 5.82 Å². The molecular formula is C14H18ClFN2O4. The number of anilines is 1. The molecule has 0 heterocycles. The number of carbonyl (C=O) groups excluding carboxylic acids is 2. The molecule has 1 aromatic rings. The van der Waals surface area contributed by atoms with Crippen LogP contribution in [0.4, 0.5) is 10.1 Å². The van der Waals surface area contributed by atoms with E-state index in [0.29, 0.717) is 5.69 Å². The Morgan fingerprint density at radius 2 is 2.05 bits per heavy atom. The van der Waals surface area contributed by atoms with Crippen molar-refractivity contribution in [3.05, 3.63) is 29.0 Å². The van der Waals surface area contributed by atoms with Crippen molar-refractivity contribution in [1.29, 1.82) is 0 Å². The van der Waals surface area contributed by atoms with Crippen molar-refractivity contribution in [2.24, 2.45) is 0 Å². The molecule has 1 unspecified atom stereocenters. The molecule has 0 spiro atoms. The number of aliphatic hydroxyl groups excluding tert-OH is 1. The molecule has 0 aliphatic rings. The molecular weight excluding hydrogens is 315 g/mol. The molecule has 3 N–H and O–H groups in total. The summed E-state index contributed by atoms with van der Waals surface area (Å²) >= 11 is 5.60. The van der Waals surface area contributed by atoms with Crippen LogP contribution in [0.2, 0.25) is 5.02 Å². The maximum Gasteiger partial charge on any atom is 0.224 e. The zero-order valence-electron chi connectivity index (χ0n) is 12.1. The first-order chi connectivity index (χ1) is 10.4. The van der Waals surface area contributed by atoms with Crippen molar-refractivity contribution in [3.8, 4) is 0 Å². The number of carbonyl (C=O) groups is 2. The largest absolute Gasteiger partial charge is 0.389 e. The molecule has 6 nitrogen and oxygen atoms in total. The van der Waals surface area contributed by atoms with Gasteiger partial charge in [0.15, 0.2) is 0 Å². The highest BCUT2D eigenvalue weighted by Gasteiger charge is 2.10. The topological polar surface area (TPSA) is 87.7 Å². The molecule has 0 saturated carbocycles. The van der Waals surface area contributed by atoms with Gasteiger partial charge in [-0.2, -0.15) is 0 Å². The maximum atomic E-state index is 13.0. The molecule has 0 aliphatic heterocycles. The van der Waals surface area contributed by atoms with Crippen molar-refractivity contribution < 1.29 is 23.8 Å². The third kappa shape index (κ3) is 6.84. The van der Waals surface area contributed by atoms with Crippen LogP contribution in [0.3, 0.4) is 0 Å². The summed E-state index contributed by atoms with van der Waals surface area (Å²) in [6.45, 7) is 0.175. The molecule has 1 aromatic carbocycles. The summed E-state index contributed by atoms with van der Waals surface area (Å²) in [4.78, 5) is 23.2. The van der Waals surface area contributed by atoms with E-state index < -0.39 is 17.8 Å². The van der Waals surface area contributed by atoms with E-state index >= 15 is 0 Å². The van der Waals surface area contributed by atoms with Crippen molar-refractivity contribution in [1.82, 2.24) is 5.32 Å². The molecule has 122 valence electrons. The van der Waals surface area contributed by atoms with Gasteiger partial charge in [0.2, 0.25) is 11.8 Å². The Labute approximate surface area is 132 Å². The molecule has 0 radical (unpaired) electrons. The van der Waals surface area contributed by atoms with Gasteiger partial charge in [0, 0.05) is 32.2 Å². The first-order valence-electron chi connectivity index (χ1n) is 6.61. The van der Waals surface area contributed by atoms with Crippen LogP contribution >= 0.6 is 11.6 Å². The Hall–Kier alpha value is -1.70. The average molecular weight is 333 g/mol. The summed E-state index contributed by atoms with van der Waals surface area (Å²) in [6, 6.07) is 3.80. The Balaban J connectivity index is 2.30. The van der Waals surface area contributed by atoms with E-state index in [-0.39, 0.29) is 36.9 Å². The number of halogens is 2. The van der Waals surface area contributed by atoms with Crippen LogP contribution in [0, 0.1) is 5.82 Å². The zero-order valence-corrected chi connectivity index (χ0v) is 12.8. The number of hydrogen-bond donors (Lipinski definition) is 3. The predicted molar refractivity (Wildman–Crippen MR) is 80.2 cm³/mol. The second kappa shape index (κ2) is 9.34. The van der Waals surface area contributed by atoms with Gasteiger partial charge in [-0.15, -0.1) is 0 Å². The van der Waals surface area contributed by atoms with E-state index in [2.05, 4.69) is 10.6 Å². The quantitative estimate of drug-likeness (QED) is 0.670. The van der Waals surface area contributed by atoms with Crippen molar-refractivity contribution in [2.45, 2.75) is 18.9 Å². The van der Waals surface area contributed by atoms with Crippen molar-refractivity contribution in [3.63, 3.8) is 0 Å². The normalized spacial score (nSPS) is 11.8. The smallest absolute Gasteiger partial charge is 0.224 e. The fourth-order valence-electron chi connectivity index (χ4n) is 1.60. The van der Waals surface area contributed by atoms with Crippen LogP contribution in [-0.4, -0.2) is 43.3 Å². The summed E-state index contributed by atoms with van der Waals surface area (Å²) in [6.07, 6.45) is -0.856. The second-order valence-electron chi connectivity index (χ2n) is 4.59. The van der Waals surface area contributed by atoms with E-state index in [0.717, 1.165) is 6.07 Å². The Kier molecular flexibility index (Phi) is 7.79. The fraction of sp³-hybridized carbons (Fsp3) is 0.429. The van der Waals surface area contributed by atoms with Crippen molar-refractivity contribution in [2.75, 3.05) is 25.6 Å². The van der Waals surface area contributed by atoms with E-state index in [1.807, 2.05) is 0 Å². The van der Waals surface area contributed by atoms with E-state index in [9.17, 15) is 19.1 Å². The Morgan fingerprint density at radius 1 is 1.36 bits per heavy atom. The summed E-state index contributed by atoms with van der Waals surface area (Å²) in [5.41, 5.74) is 0.354. The van der Waals surface area contributed by atoms with Gasteiger partial charge in [-0.05, 0) is 18.2 Å². The van der Waals surface area contributed by atoms with E-state index in [4.69, 9.17) is 16.3 Å². The molecule has 0 fully saturated rings. The van der Waals surface area contributed by atoms with Gasteiger partial charge in [-0.25, -0.2) is 4.39 Å². The number of nitrogens with one attached hydrogen (secondary N) is 2. The molecule has 2 amide bonds. The second-order valence-corrected chi connectivity index (χ2v) is 5.00. The van der Waals surface area contributed by atoms with Gasteiger partial charge < -0.3 is 20.5 Å². The number of hydrogen-bond acceptors (Lipinski definition) is 4. The molecule has 8 heteroatoms. The third-order valence-electron chi connectivity index (χ3n) is 2.68. The third-order valence-corrected chi connectivity index (χ3v) is 2.97. The van der Waals surface area contributed by atoms with Crippen molar-refractivity contribution >= 4 is 29.1 Å². The summed E-state index contributed by atoms with van der Waals surface area (Å²) in [5.74, 6) is -1.33. The number of aliphatic hydroxyl groups is 1. The molecule has 1 rings (SSSR count). The fourth-order valence-corrected chi connectivity index (χ4v) is 1.78. The lowest BCUT2D eigenvalue weighted by molar-refractivity contribution is -0.124.